The van der Waals surface area contributed by atoms with E-state index in [0.717, 1.165) is 22.3 Å². The first kappa shape index (κ1) is 18.2. The van der Waals surface area contributed by atoms with Crippen LogP contribution >= 0.6 is 27.3 Å². The summed E-state index contributed by atoms with van der Waals surface area (Å²) in [6.45, 7) is 1.76. The number of benzene rings is 1. The summed E-state index contributed by atoms with van der Waals surface area (Å²) in [5, 5.41) is 5.91. The maximum atomic E-state index is 12.9. The number of esters is 1. The Bertz CT molecular complexity index is 934. The Morgan fingerprint density at radius 2 is 2.04 bits per heavy atom. The lowest BCUT2D eigenvalue weighted by Gasteiger charge is -2.34. The number of hydrogen-bond acceptors (Lipinski definition) is 5. The van der Waals surface area contributed by atoms with Crippen LogP contribution < -0.4 is 10.2 Å². The molecule has 27 heavy (non-hydrogen) atoms. The van der Waals surface area contributed by atoms with Gasteiger partial charge in [-0.3, -0.25) is 4.90 Å². The van der Waals surface area contributed by atoms with E-state index < -0.39 is 12.0 Å². The van der Waals surface area contributed by atoms with Crippen LogP contribution in [0.5, 0.6) is 0 Å². The van der Waals surface area contributed by atoms with Crippen LogP contribution in [0.1, 0.15) is 42.4 Å². The van der Waals surface area contributed by atoms with Gasteiger partial charge in [-0.2, -0.15) is 0 Å². The van der Waals surface area contributed by atoms with Gasteiger partial charge in [0.1, 0.15) is 6.04 Å². The number of rotatable bonds is 4. The van der Waals surface area contributed by atoms with E-state index in [2.05, 4.69) is 26.2 Å². The highest BCUT2D eigenvalue weighted by atomic mass is 79.9. The average molecular weight is 448 g/mol. The van der Waals surface area contributed by atoms with Crippen molar-refractivity contribution in [2.24, 2.45) is 0 Å². The van der Waals surface area contributed by atoms with Gasteiger partial charge in [0.05, 0.1) is 29.1 Å². The molecule has 1 unspecified atom stereocenters. The van der Waals surface area contributed by atoms with Gasteiger partial charge in [0.2, 0.25) is 0 Å². The first-order chi connectivity index (χ1) is 13.0. The normalized spacial score (nSPS) is 19.9. The molecule has 140 valence electrons. The van der Waals surface area contributed by atoms with Crippen molar-refractivity contribution in [2.45, 2.75) is 31.7 Å². The maximum absolute atomic E-state index is 12.9. The highest BCUT2D eigenvalue weighted by Crippen LogP contribution is 2.43. The number of allylic oxidation sites excluding steroid dienone is 1. The molecule has 1 fully saturated rings. The van der Waals surface area contributed by atoms with Gasteiger partial charge < -0.3 is 10.1 Å². The third-order valence-electron chi connectivity index (χ3n) is 4.74. The number of ether oxygens (including phenoxy) is 1. The van der Waals surface area contributed by atoms with Gasteiger partial charge in [0.15, 0.2) is 0 Å². The predicted molar refractivity (Wildman–Crippen MR) is 107 cm³/mol. The van der Waals surface area contributed by atoms with Gasteiger partial charge >= 0.3 is 12.0 Å². The smallest absolute Gasteiger partial charge is 0.338 e. The first-order valence-electron chi connectivity index (χ1n) is 8.60. The molecule has 1 saturated carbocycles. The molecule has 2 amide bonds. The summed E-state index contributed by atoms with van der Waals surface area (Å²) in [4.78, 5) is 31.6. The third kappa shape index (κ3) is 3.39. The fourth-order valence-corrected chi connectivity index (χ4v) is 4.47. The van der Waals surface area contributed by atoms with E-state index in [1.54, 1.807) is 18.3 Å². The van der Waals surface area contributed by atoms with Gasteiger partial charge in [-0.1, -0.05) is 15.9 Å². The van der Waals surface area contributed by atoms with Crippen molar-refractivity contribution in [1.29, 1.82) is 0 Å². The first-order valence-corrected chi connectivity index (χ1v) is 10.3. The van der Waals surface area contributed by atoms with Crippen LogP contribution in [0.4, 0.5) is 10.5 Å². The minimum atomic E-state index is -0.611. The minimum absolute atomic E-state index is 0.298. The lowest BCUT2D eigenvalue weighted by Crippen LogP contribution is -2.48. The fraction of sp³-hybridized carbons (Fsp3) is 0.316. The second kappa shape index (κ2) is 7.09. The number of halogens is 1. The molecule has 1 N–H and O–H groups in total. The summed E-state index contributed by atoms with van der Waals surface area (Å²) < 4.78 is 5.92. The Hall–Kier alpha value is -2.19. The number of aromatic nitrogens is 1. The molecule has 2 aliphatic rings. The third-order valence-corrected chi connectivity index (χ3v) is 6.29. The van der Waals surface area contributed by atoms with E-state index in [1.165, 1.54) is 12.0 Å². The molecule has 0 saturated heterocycles. The van der Waals surface area contributed by atoms with Crippen LogP contribution in [-0.4, -0.2) is 24.1 Å². The van der Waals surface area contributed by atoms with Gasteiger partial charge in [-0.05, 0) is 44.0 Å². The van der Waals surface area contributed by atoms with E-state index in [9.17, 15) is 9.59 Å². The number of hydrogen-bond donors (Lipinski definition) is 1. The standard InChI is InChI=1S/C19H18BrN3O3S/c1-10-15(18(24)26-2)16(14-9-27-17(21-14)11-3-4-11)22-19(25)23(10)13-7-5-12(20)6-8-13/h5-9,11,16H,3-4H2,1-2H3,(H,22,25). The number of anilines is 1. The van der Waals surface area contributed by atoms with E-state index >= 15 is 0 Å². The highest BCUT2D eigenvalue weighted by molar-refractivity contribution is 9.10. The average Bonchev–Trinajstić information content (AvgIpc) is 3.39. The molecule has 0 radical (unpaired) electrons. The number of urea groups is 1. The maximum Gasteiger partial charge on any atom is 0.338 e. The molecule has 0 spiro atoms. The zero-order valence-electron chi connectivity index (χ0n) is 14.9. The summed E-state index contributed by atoms with van der Waals surface area (Å²) in [5.41, 5.74) is 2.29. The summed E-state index contributed by atoms with van der Waals surface area (Å²) >= 11 is 4.97. The second-order valence-corrected chi connectivity index (χ2v) is 8.38. The van der Waals surface area contributed by atoms with Crippen LogP contribution in [0, 0.1) is 0 Å². The van der Waals surface area contributed by atoms with Crippen LogP contribution in [0.3, 0.4) is 0 Å². The molecular weight excluding hydrogens is 430 g/mol. The van der Waals surface area contributed by atoms with E-state index in [0.29, 0.717) is 28.6 Å². The quantitative estimate of drug-likeness (QED) is 0.700. The van der Waals surface area contributed by atoms with Crippen molar-refractivity contribution in [1.82, 2.24) is 10.3 Å². The summed E-state index contributed by atoms with van der Waals surface area (Å²) in [6, 6.07) is 6.42. The zero-order valence-corrected chi connectivity index (χ0v) is 17.3. The number of nitrogens with one attached hydrogen (secondary N) is 1. The van der Waals surface area contributed by atoms with E-state index in [1.807, 2.05) is 29.6 Å². The van der Waals surface area contributed by atoms with Crippen molar-refractivity contribution < 1.29 is 14.3 Å². The highest BCUT2D eigenvalue weighted by Gasteiger charge is 2.38. The molecule has 6 nitrogen and oxygen atoms in total. The Labute approximate surface area is 169 Å². The molecule has 2 heterocycles. The van der Waals surface area contributed by atoms with Gasteiger partial charge in [-0.25, -0.2) is 14.6 Å². The molecule has 0 bridgehead atoms. The number of thiazole rings is 1. The van der Waals surface area contributed by atoms with Gasteiger partial charge in [-0.15, -0.1) is 11.3 Å². The predicted octanol–water partition coefficient (Wildman–Crippen LogP) is 4.50. The molecule has 4 rings (SSSR count). The van der Waals surface area contributed by atoms with Crippen LogP contribution in [0.2, 0.25) is 0 Å². The Morgan fingerprint density at radius 3 is 2.67 bits per heavy atom. The topological polar surface area (TPSA) is 71.5 Å². The van der Waals surface area contributed by atoms with E-state index in [4.69, 9.17) is 4.74 Å². The van der Waals surface area contributed by atoms with Crippen molar-refractivity contribution >= 4 is 45.0 Å². The van der Waals surface area contributed by atoms with Gasteiger partial charge in [0, 0.05) is 21.5 Å². The molecule has 1 aliphatic carbocycles. The molecule has 1 aromatic carbocycles. The van der Waals surface area contributed by atoms with Crippen molar-refractivity contribution in [3.05, 3.63) is 56.1 Å². The molecule has 2 aromatic rings. The lowest BCUT2D eigenvalue weighted by molar-refractivity contribution is -0.136. The number of carbonyl (C=O) groups is 2. The zero-order chi connectivity index (χ0) is 19.1. The van der Waals surface area contributed by atoms with Crippen molar-refractivity contribution in [3.8, 4) is 0 Å². The lowest BCUT2D eigenvalue weighted by atomic mass is 9.99. The van der Waals surface area contributed by atoms with Crippen LogP contribution in [-0.2, 0) is 9.53 Å². The summed E-state index contributed by atoms with van der Waals surface area (Å²) in [6.07, 6.45) is 2.31. The Balaban J connectivity index is 1.77. The number of methoxy groups -OCH3 is 1. The van der Waals surface area contributed by atoms with Crippen molar-refractivity contribution in [3.63, 3.8) is 0 Å². The molecule has 1 aliphatic heterocycles. The molecule has 1 atom stereocenters. The van der Waals surface area contributed by atoms with Gasteiger partial charge in [0.25, 0.3) is 0 Å². The van der Waals surface area contributed by atoms with Crippen LogP contribution in [0.15, 0.2) is 45.4 Å². The SMILES string of the molecule is COC(=O)C1=C(C)N(c2ccc(Br)cc2)C(=O)NC1c1csc(C2CC2)n1. The summed E-state index contributed by atoms with van der Waals surface area (Å²) in [5.74, 6) is 0.0505. The van der Waals surface area contributed by atoms with Crippen molar-refractivity contribution in [2.75, 3.05) is 12.0 Å². The summed E-state index contributed by atoms with van der Waals surface area (Å²) in [7, 11) is 1.34. The van der Waals surface area contributed by atoms with Crippen LogP contribution in [0.25, 0.3) is 0 Å². The number of nitrogens with zero attached hydrogens (tertiary/aromatic N) is 2. The molecule has 8 heteroatoms. The Morgan fingerprint density at radius 1 is 1.33 bits per heavy atom. The monoisotopic (exact) mass is 447 g/mol. The van der Waals surface area contributed by atoms with E-state index in [-0.39, 0.29) is 6.03 Å². The molecule has 1 aromatic heterocycles. The second-order valence-electron chi connectivity index (χ2n) is 6.57. The minimum Gasteiger partial charge on any atom is -0.466 e. The fourth-order valence-electron chi connectivity index (χ4n) is 3.19. The largest absolute Gasteiger partial charge is 0.466 e. The Kier molecular flexibility index (Phi) is 4.77. The molecular formula is C19H18BrN3O3S. The number of carbonyl (C=O) groups excluding carboxylic acids is 2. The number of amides is 2.